The highest BCUT2D eigenvalue weighted by molar-refractivity contribution is 7.89. The van der Waals surface area contributed by atoms with Crippen LogP contribution in [0.15, 0.2) is 24.3 Å². The summed E-state index contributed by atoms with van der Waals surface area (Å²) in [7, 11) is -3.55. The van der Waals surface area contributed by atoms with Gasteiger partial charge in [0.25, 0.3) is 0 Å². The number of hydrogen-bond donors (Lipinski definition) is 1. The van der Waals surface area contributed by atoms with Crippen LogP contribution in [0.5, 0.6) is 0 Å². The van der Waals surface area contributed by atoms with Crippen LogP contribution < -0.4 is 5.73 Å². The maximum atomic E-state index is 12.0. The Labute approximate surface area is 107 Å². The van der Waals surface area contributed by atoms with E-state index in [-0.39, 0.29) is 12.6 Å². The number of rotatable bonds is 3. The summed E-state index contributed by atoms with van der Waals surface area (Å²) in [5, 5.41) is 8.60. The fraction of sp³-hybridized carbons (Fsp3) is 0.417. The van der Waals surface area contributed by atoms with Crippen LogP contribution >= 0.6 is 0 Å². The predicted octanol–water partition coefficient (Wildman–Crippen LogP) is 0.398. The lowest BCUT2D eigenvalue weighted by Crippen LogP contribution is -2.43. The van der Waals surface area contributed by atoms with Crippen molar-refractivity contribution in [2.24, 2.45) is 5.73 Å². The quantitative estimate of drug-likeness (QED) is 0.856. The van der Waals surface area contributed by atoms with Crippen molar-refractivity contribution in [2.75, 3.05) is 18.8 Å². The van der Waals surface area contributed by atoms with Gasteiger partial charge in [-0.1, -0.05) is 24.3 Å². The minimum absolute atomic E-state index is 0.224. The van der Waals surface area contributed by atoms with E-state index < -0.39 is 15.8 Å². The Balaban J connectivity index is 2.41. The van der Waals surface area contributed by atoms with Crippen molar-refractivity contribution in [3.63, 3.8) is 0 Å². The fourth-order valence-electron chi connectivity index (χ4n) is 2.37. The Kier molecular flexibility index (Phi) is 3.66. The summed E-state index contributed by atoms with van der Waals surface area (Å²) < 4.78 is 25.4. The third-order valence-corrected chi connectivity index (χ3v) is 4.84. The highest BCUT2D eigenvalue weighted by Gasteiger charge is 2.34. The topological polar surface area (TPSA) is 87.2 Å². The van der Waals surface area contributed by atoms with E-state index in [1.54, 1.807) is 6.07 Å². The lowest BCUT2D eigenvalue weighted by molar-refractivity contribution is 0.314. The van der Waals surface area contributed by atoms with Crippen molar-refractivity contribution in [2.45, 2.75) is 12.5 Å². The Bertz CT molecular complexity index is 577. The molecule has 0 fully saturated rings. The van der Waals surface area contributed by atoms with Gasteiger partial charge in [-0.2, -0.15) is 9.57 Å². The highest BCUT2D eigenvalue weighted by Crippen LogP contribution is 2.30. The summed E-state index contributed by atoms with van der Waals surface area (Å²) in [6.45, 7) is 0.616. The zero-order chi connectivity index (χ0) is 13.2. The standard InChI is InChI=1S/C12H15N3O2S/c13-6-8-18(16,17)15-7-5-10-3-1-2-4-11(10)12(15)9-14/h1-4,12H,5,7-9,14H2. The second-order valence-electron chi connectivity index (χ2n) is 4.23. The third kappa shape index (κ3) is 2.25. The van der Waals surface area contributed by atoms with Crippen LogP contribution in [0.2, 0.25) is 0 Å². The summed E-state index contributed by atoms with van der Waals surface area (Å²) in [5.41, 5.74) is 7.80. The molecule has 0 spiro atoms. The Hall–Kier alpha value is -1.42. The van der Waals surface area contributed by atoms with E-state index in [9.17, 15) is 8.42 Å². The first-order chi connectivity index (χ1) is 8.60. The van der Waals surface area contributed by atoms with Gasteiger partial charge in [0.2, 0.25) is 10.0 Å². The first kappa shape index (κ1) is 13.0. The SMILES string of the molecule is N#CCS(=O)(=O)N1CCc2ccccc2C1CN. The summed E-state index contributed by atoms with van der Waals surface area (Å²) in [4.78, 5) is 0. The van der Waals surface area contributed by atoms with Crippen molar-refractivity contribution in [3.05, 3.63) is 35.4 Å². The highest BCUT2D eigenvalue weighted by atomic mass is 32.2. The van der Waals surface area contributed by atoms with E-state index in [1.165, 1.54) is 4.31 Å². The van der Waals surface area contributed by atoms with Crippen molar-refractivity contribution in [1.82, 2.24) is 4.31 Å². The van der Waals surface area contributed by atoms with Crippen LogP contribution in [-0.4, -0.2) is 31.6 Å². The molecule has 96 valence electrons. The number of nitriles is 1. The molecule has 1 aliphatic rings. The first-order valence-corrected chi connectivity index (χ1v) is 7.35. The molecule has 18 heavy (non-hydrogen) atoms. The molecule has 1 aliphatic heterocycles. The molecule has 0 saturated heterocycles. The molecule has 0 aromatic heterocycles. The van der Waals surface area contributed by atoms with Crippen molar-refractivity contribution in [3.8, 4) is 6.07 Å². The van der Waals surface area contributed by atoms with E-state index >= 15 is 0 Å². The summed E-state index contributed by atoms with van der Waals surface area (Å²) >= 11 is 0. The summed E-state index contributed by atoms with van der Waals surface area (Å²) in [5.74, 6) is -0.494. The third-order valence-electron chi connectivity index (χ3n) is 3.19. The molecule has 1 atom stereocenters. The molecule has 0 radical (unpaired) electrons. The first-order valence-electron chi connectivity index (χ1n) is 5.74. The molecule has 1 aromatic rings. The smallest absolute Gasteiger partial charge is 0.228 e. The van der Waals surface area contributed by atoms with Gasteiger partial charge in [0.15, 0.2) is 5.75 Å². The molecule has 5 nitrogen and oxygen atoms in total. The van der Waals surface area contributed by atoms with Crippen molar-refractivity contribution >= 4 is 10.0 Å². The lowest BCUT2D eigenvalue weighted by Gasteiger charge is -2.35. The van der Waals surface area contributed by atoms with Crippen LogP contribution in [0.25, 0.3) is 0 Å². The Morgan fingerprint density at radius 2 is 2.17 bits per heavy atom. The molecule has 1 heterocycles. The molecule has 2 rings (SSSR count). The minimum Gasteiger partial charge on any atom is -0.329 e. The number of benzene rings is 1. The largest absolute Gasteiger partial charge is 0.329 e. The van der Waals surface area contributed by atoms with Gasteiger partial charge in [0.1, 0.15) is 0 Å². The maximum Gasteiger partial charge on any atom is 0.228 e. The van der Waals surface area contributed by atoms with E-state index in [1.807, 2.05) is 24.3 Å². The molecular formula is C12H15N3O2S. The molecule has 1 aromatic carbocycles. The van der Waals surface area contributed by atoms with Gasteiger partial charge in [0.05, 0.1) is 12.1 Å². The number of hydrogen-bond acceptors (Lipinski definition) is 4. The van der Waals surface area contributed by atoms with Gasteiger partial charge in [-0.3, -0.25) is 0 Å². The zero-order valence-electron chi connectivity index (χ0n) is 9.91. The van der Waals surface area contributed by atoms with Gasteiger partial charge >= 0.3 is 0 Å². The van der Waals surface area contributed by atoms with E-state index in [2.05, 4.69) is 0 Å². The molecule has 1 unspecified atom stereocenters. The normalized spacial score (nSPS) is 20.1. The number of nitrogens with zero attached hydrogens (tertiary/aromatic N) is 2. The van der Waals surface area contributed by atoms with Crippen molar-refractivity contribution < 1.29 is 8.42 Å². The number of sulfonamides is 1. The second kappa shape index (κ2) is 5.06. The van der Waals surface area contributed by atoms with Gasteiger partial charge < -0.3 is 5.73 Å². The lowest BCUT2D eigenvalue weighted by atomic mass is 9.94. The predicted molar refractivity (Wildman–Crippen MR) is 68.0 cm³/mol. The molecule has 0 aliphatic carbocycles. The van der Waals surface area contributed by atoms with Gasteiger partial charge in [-0.05, 0) is 17.5 Å². The van der Waals surface area contributed by atoms with Crippen LogP contribution in [-0.2, 0) is 16.4 Å². The van der Waals surface area contributed by atoms with Crippen LogP contribution in [0.3, 0.4) is 0 Å². The monoisotopic (exact) mass is 265 g/mol. The zero-order valence-corrected chi connectivity index (χ0v) is 10.7. The van der Waals surface area contributed by atoms with Gasteiger partial charge in [-0.25, -0.2) is 8.42 Å². The van der Waals surface area contributed by atoms with Crippen LogP contribution in [0.1, 0.15) is 17.2 Å². The number of fused-ring (bicyclic) bond motifs is 1. The fourth-order valence-corrected chi connectivity index (χ4v) is 3.66. The molecule has 2 N–H and O–H groups in total. The Morgan fingerprint density at radius 1 is 1.44 bits per heavy atom. The summed E-state index contributed by atoms with van der Waals surface area (Å²) in [6, 6.07) is 9.06. The molecule has 6 heteroatoms. The minimum atomic E-state index is -3.55. The average Bonchev–Trinajstić information content (AvgIpc) is 2.37. The molecule has 0 bridgehead atoms. The molecule has 0 amide bonds. The molecular weight excluding hydrogens is 250 g/mol. The maximum absolute atomic E-state index is 12.0. The van der Waals surface area contributed by atoms with Gasteiger partial charge in [0, 0.05) is 13.1 Å². The van der Waals surface area contributed by atoms with Crippen molar-refractivity contribution in [1.29, 1.82) is 5.26 Å². The van der Waals surface area contributed by atoms with Gasteiger partial charge in [-0.15, -0.1) is 0 Å². The average molecular weight is 265 g/mol. The second-order valence-corrected chi connectivity index (χ2v) is 6.15. The van der Waals surface area contributed by atoms with Crippen LogP contribution in [0, 0.1) is 11.3 Å². The van der Waals surface area contributed by atoms with E-state index in [0.717, 1.165) is 11.1 Å². The summed E-state index contributed by atoms with van der Waals surface area (Å²) in [6.07, 6.45) is 0.664. The molecule has 0 saturated carbocycles. The number of nitrogens with two attached hydrogens (primary N) is 1. The van der Waals surface area contributed by atoms with Crippen LogP contribution in [0.4, 0.5) is 0 Å². The van der Waals surface area contributed by atoms with E-state index in [4.69, 9.17) is 11.0 Å². The Morgan fingerprint density at radius 3 is 2.83 bits per heavy atom. The van der Waals surface area contributed by atoms with E-state index in [0.29, 0.717) is 13.0 Å².